The van der Waals surface area contributed by atoms with Crippen molar-refractivity contribution in [2.24, 2.45) is 0 Å². The third-order valence-corrected chi connectivity index (χ3v) is 12.7. The van der Waals surface area contributed by atoms with E-state index in [1.54, 1.807) is 0 Å². The molecule has 43 heavy (non-hydrogen) atoms. The van der Waals surface area contributed by atoms with Crippen molar-refractivity contribution >= 4 is 44.6 Å². The van der Waals surface area contributed by atoms with E-state index >= 15 is 0 Å². The Bertz CT molecular complexity index is 1600. The minimum absolute atomic E-state index is 0.0326. The fraction of sp³-hybridized carbons (Fsp3) is 0.395. The molecule has 2 aliphatic rings. The maximum atomic E-state index is 7.12. The van der Waals surface area contributed by atoms with Crippen LogP contribution in [0.5, 0.6) is 11.5 Å². The van der Waals surface area contributed by atoms with Gasteiger partial charge in [-0.1, -0.05) is 110 Å². The predicted octanol–water partition coefficient (Wildman–Crippen LogP) is 11.7. The maximum absolute atomic E-state index is 7.12. The first kappa shape index (κ1) is 30.7. The van der Waals surface area contributed by atoms with E-state index in [2.05, 4.69) is 105 Å². The number of halogens is 1. The highest BCUT2D eigenvalue weighted by Gasteiger charge is 2.38. The Morgan fingerprint density at radius 3 is 2.56 bits per heavy atom. The van der Waals surface area contributed by atoms with Gasteiger partial charge in [0.1, 0.15) is 11.5 Å². The standard InChI is InChI=1S/C38H44IO3P/c1-6-12-26(4)31-22-25(3)23-34(35(39-5)13-7-2)38(31)42-43-40-36-20-18-27-14-8-10-16-29(27)32(36)24-33-30-17-11-9-15-28(30)19-21-37(33)41-43/h8-11,14-18,20,22-23,26,33,35,37H,5-7,12-13,19,21,24H2,1-4H3. The SMILES string of the molecule is C=IC(CCC)c1cc(C)cc(C(C)CCC)c1OP1Oc2ccc3ccccc3c2CC2c3ccccc3CCC2O1. The Kier molecular flexibility index (Phi) is 9.86. The number of benzene rings is 4. The van der Waals surface area contributed by atoms with E-state index in [0.29, 0.717) is 9.84 Å². The van der Waals surface area contributed by atoms with Crippen LogP contribution in [-0.2, 0) is 17.4 Å². The third kappa shape index (κ3) is 6.44. The summed E-state index contributed by atoms with van der Waals surface area (Å²) in [4.78, 5) is 0. The number of fused-ring (bicyclic) bond motifs is 6. The summed E-state index contributed by atoms with van der Waals surface area (Å²) in [5.74, 6) is 2.52. The van der Waals surface area contributed by atoms with E-state index in [1.807, 2.05) is 0 Å². The Hall–Kier alpha value is -2.27. The topological polar surface area (TPSA) is 27.7 Å². The quantitative estimate of drug-likeness (QED) is 0.0985. The van der Waals surface area contributed by atoms with Crippen molar-refractivity contribution in [2.75, 3.05) is 0 Å². The Morgan fingerprint density at radius 2 is 1.74 bits per heavy atom. The zero-order valence-corrected chi connectivity index (χ0v) is 29.0. The second kappa shape index (κ2) is 13.8. The van der Waals surface area contributed by atoms with Gasteiger partial charge in [-0.2, -0.15) is 0 Å². The molecule has 5 heteroatoms. The van der Waals surface area contributed by atoms with Crippen molar-refractivity contribution in [3.05, 3.63) is 106 Å². The summed E-state index contributed by atoms with van der Waals surface area (Å²) in [7, 11) is -1.69. The number of aryl methyl sites for hydroxylation is 2. The molecule has 0 saturated heterocycles. The number of hydrogen-bond donors (Lipinski definition) is 0. The molecule has 5 atom stereocenters. The maximum Gasteiger partial charge on any atom is 0.463 e. The average molecular weight is 707 g/mol. The molecule has 0 N–H and O–H groups in total. The molecule has 1 heterocycles. The summed E-state index contributed by atoms with van der Waals surface area (Å²) < 4.78 is 25.9. The van der Waals surface area contributed by atoms with Crippen LogP contribution in [0.15, 0.2) is 72.8 Å². The van der Waals surface area contributed by atoms with Gasteiger partial charge in [-0.25, -0.2) is 0 Å². The lowest BCUT2D eigenvalue weighted by Gasteiger charge is -2.37. The molecule has 3 nitrogen and oxygen atoms in total. The van der Waals surface area contributed by atoms with Crippen LogP contribution in [0.1, 0.15) is 102 Å². The fourth-order valence-electron chi connectivity index (χ4n) is 7.04. The van der Waals surface area contributed by atoms with Crippen molar-refractivity contribution in [1.82, 2.24) is 0 Å². The molecule has 0 aromatic heterocycles. The highest BCUT2D eigenvalue weighted by atomic mass is 127. The molecule has 6 rings (SSSR count). The van der Waals surface area contributed by atoms with Gasteiger partial charge in [-0.3, -0.25) is 4.52 Å². The molecule has 0 saturated carbocycles. The molecular weight excluding hydrogens is 662 g/mol. The summed E-state index contributed by atoms with van der Waals surface area (Å²) in [6, 6.07) is 26.6. The fourth-order valence-corrected chi connectivity index (χ4v) is 10.3. The number of alkyl halides is 1. The van der Waals surface area contributed by atoms with E-state index in [4.69, 9.17) is 13.6 Å². The second-order valence-corrected chi connectivity index (χ2v) is 15.6. The minimum atomic E-state index is -1.69. The van der Waals surface area contributed by atoms with E-state index in [9.17, 15) is 0 Å². The van der Waals surface area contributed by atoms with Gasteiger partial charge < -0.3 is 9.05 Å². The van der Waals surface area contributed by atoms with Crippen molar-refractivity contribution in [3.63, 3.8) is 0 Å². The van der Waals surface area contributed by atoms with Gasteiger partial charge in [-0.05, 0) is 78.5 Å². The molecule has 4 aromatic rings. The van der Waals surface area contributed by atoms with Crippen molar-refractivity contribution in [1.29, 1.82) is 0 Å². The summed E-state index contributed by atoms with van der Waals surface area (Å²) >= 11 is -0.259. The molecule has 0 spiro atoms. The molecule has 226 valence electrons. The van der Waals surface area contributed by atoms with Crippen molar-refractivity contribution < 1.29 is 13.6 Å². The summed E-state index contributed by atoms with van der Waals surface area (Å²) in [6.45, 7) is 9.10. The normalized spacial score (nSPS) is 21.0. The molecule has 0 amide bonds. The first-order valence-corrected chi connectivity index (χ1v) is 19.8. The second-order valence-electron chi connectivity index (χ2n) is 12.2. The largest absolute Gasteiger partial charge is 0.463 e. The minimum Gasteiger partial charge on any atom is -0.417 e. The highest BCUT2D eigenvalue weighted by Crippen LogP contribution is 2.55. The van der Waals surface area contributed by atoms with E-state index in [1.165, 1.54) is 44.2 Å². The first-order valence-electron chi connectivity index (χ1n) is 15.9. The van der Waals surface area contributed by atoms with E-state index in [-0.39, 0.29) is 32.8 Å². The molecule has 1 aliphatic carbocycles. The third-order valence-electron chi connectivity index (χ3n) is 9.19. The van der Waals surface area contributed by atoms with Crippen LogP contribution in [0.3, 0.4) is 0 Å². The summed E-state index contributed by atoms with van der Waals surface area (Å²) in [5, 5.41) is 2.51. The zero-order chi connectivity index (χ0) is 29.9. The molecule has 5 unspecified atom stereocenters. The van der Waals surface area contributed by atoms with Gasteiger partial charge in [0.15, 0.2) is 0 Å². The van der Waals surface area contributed by atoms with Gasteiger partial charge in [0.25, 0.3) is 0 Å². The molecular formula is C38H44IO3P. The van der Waals surface area contributed by atoms with Crippen molar-refractivity contribution in [3.8, 4) is 11.5 Å². The lowest BCUT2D eigenvalue weighted by atomic mass is 9.77. The molecule has 0 fully saturated rings. The van der Waals surface area contributed by atoms with Gasteiger partial charge in [0, 0.05) is 21.0 Å². The average Bonchev–Trinajstić information content (AvgIpc) is 3.01. The Labute approximate surface area is 269 Å². The zero-order valence-electron chi connectivity index (χ0n) is 25.9. The molecule has 1 aliphatic heterocycles. The number of hydrogen-bond acceptors (Lipinski definition) is 3. The van der Waals surface area contributed by atoms with Crippen molar-refractivity contribution in [2.45, 2.75) is 94.5 Å². The Balaban J connectivity index is 1.48. The van der Waals surface area contributed by atoms with Crippen LogP contribution in [0.4, 0.5) is 0 Å². The molecule has 0 radical (unpaired) electrons. The molecule has 4 aromatic carbocycles. The lowest BCUT2D eigenvalue weighted by Crippen LogP contribution is -2.31. The van der Waals surface area contributed by atoms with E-state index < -0.39 is 8.60 Å². The lowest BCUT2D eigenvalue weighted by molar-refractivity contribution is 0.129. The van der Waals surface area contributed by atoms with Crippen LogP contribution < -0.4 is 9.05 Å². The van der Waals surface area contributed by atoms with Crippen LogP contribution >= 0.6 is 29.3 Å². The highest BCUT2D eigenvalue weighted by molar-refractivity contribution is 14.2. The summed E-state index contributed by atoms with van der Waals surface area (Å²) in [6.07, 6.45) is 7.43. The van der Waals surface area contributed by atoms with E-state index in [0.717, 1.165) is 56.4 Å². The van der Waals surface area contributed by atoms with Crippen LogP contribution in [0.2, 0.25) is 0 Å². The van der Waals surface area contributed by atoms with Crippen LogP contribution in [-0.4, -0.2) is 10.6 Å². The summed E-state index contributed by atoms with van der Waals surface area (Å²) in [5.41, 5.74) is 8.01. The monoisotopic (exact) mass is 706 g/mol. The molecule has 0 bridgehead atoms. The van der Waals surface area contributed by atoms with Gasteiger partial charge in [-0.15, -0.1) is 20.7 Å². The van der Waals surface area contributed by atoms with Crippen LogP contribution in [0.25, 0.3) is 10.8 Å². The predicted molar refractivity (Wildman–Crippen MR) is 191 cm³/mol. The van der Waals surface area contributed by atoms with Crippen LogP contribution in [0, 0.1) is 6.92 Å². The first-order chi connectivity index (χ1) is 21.0. The Morgan fingerprint density at radius 1 is 0.977 bits per heavy atom. The smallest absolute Gasteiger partial charge is 0.417 e. The van der Waals surface area contributed by atoms with Gasteiger partial charge >= 0.3 is 8.60 Å². The van der Waals surface area contributed by atoms with Gasteiger partial charge in [0.05, 0.1) is 6.10 Å². The van der Waals surface area contributed by atoms with Gasteiger partial charge in [0.2, 0.25) is 0 Å². The number of rotatable bonds is 9.